The van der Waals surface area contributed by atoms with Crippen LogP contribution in [0.4, 0.5) is 0 Å². The van der Waals surface area contributed by atoms with E-state index in [-0.39, 0.29) is 0 Å². The van der Waals surface area contributed by atoms with E-state index in [1.165, 1.54) is 19.3 Å². The van der Waals surface area contributed by atoms with Gasteiger partial charge in [-0.25, -0.2) is 0 Å². The van der Waals surface area contributed by atoms with Gasteiger partial charge in [0.1, 0.15) is 5.82 Å². The summed E-state index contributed by atoms with van der Waals surface area (Å²) in [5, 5.41) is 15.1. The predicted octanol–water partition coefficient (Wildman–Crippen LogP) is 1.08. The summed E-state index contributed by atoms with van der Waals surface area (Å²) in [6.07, 6.45) is 5.84. The fourth-order valence-electron chi connectivity index (χ4n) is 2.27. The second kappa shape index (κ2) is 7.11. The Kier molecular flexibility index (Phi) is 5.18. The number of nitrogens with one attached hydrogen (secondary N) is 2. The van der Waals surface area contributed by atoms with Crippen molar-refractivity contribution in [2.24, 2.45) is 4.99 Å². The van der Waals surface area contributed by atoms with Gasteiger partial charge in [0.2, 0.25) is 0 Å². The number of unbranched alkanes of at least 4 members (excludes halogenated alkanes) is 1. The highest BCUT2D eigenvalue weighted by Crippen LogP contribution is 2.13. The summed E-state index contributed by atoms with van der Waals surface area (Å²) in [5.74, 6) is 2.96. The molecule has 1 aliphatic rings. The Morgan fingerprint density at radius 2 is 2.21 bits per heavy atom. The Morgan fingerprint density at radius 1 is 1.32 bits per heavy atom. The average molecular weight is 264 g/mol. The van der Waals surface area contributed by atoms with E-state index in [0.29, 0.717) is 6.54 Å². The Labute approximate surface area is 114 Å². The van der Waals surface area contributed by atoms with Gasteiger partial charge in [0.05, 0.1) is 6.54 Å². The van der Waals surface area contributed by atoms with E-state index in [1.54, 1.807) is 7.05 Å². The molecule has 0 radical (unpaired) electrons. The number of rotatable bonds is 5. The molecule has 0 aromatic carbocycles. The Bertz CT molecular complexity index is 423. The summed E-state index contributed by atoms with van der Waals surface area (Å²) in [4.78, 5) is 4.21. The van der Waals surface area contributed by atoms with Crippen molar-refractivity contribution >= 4 is 5.96 Å². The minimum atomic E-state index is 0.679. The highest BCUT2D eigenvalue weighted by Gasteiger charge is 2.15. The van der Waals surface area contributed by atoms with Crippen LogP contribution in [0.15, 0.2) is 4.99 Å². The fraction of sp³-hybridized carbons (Fsp3) is 0.769. The SMILES string of the molecule is CCCCNC(=NC)NCc1nnc2n1CCCC2. The van der Waals surface area contributed by atoms with Crippen LogP contribution in [0, 0.1) is 0 Å². The van der Waals surface area contributed by atoms with Crippen molar-refractivity contribution in [1.82, 2.24) is 25.4 Å². The first-order valence-electron chi connectivity index (χ1n) is 7.20. The minimum Gasteiger partial charge on any atom is -0.356 e. The Hall–Kier alpha value is -1.59. The second-order valence-corrected chi connectivity index (χ2v) is 4.85. The summed E-state index contributed by atoms with van der Waals surface area (Å²) in [6.45, 7) is 4.86. The van der Waals surface area contributed by atoms with Gasteiger partial charge in [0, 0.05) is 26.6 Å². The first-order chi connectivity index (χ1) is 9.35. The van der Waals surface area contributed by atoms with Crippen molar-refractivity contribution in [1.29, 1.82) is 0 Å². The van der Waals surface area contributed by atoms with Crippen molar-refractivity contribution in [3.05, 3.63) is 11.6 Å². The van der Waals surface area contributed by atoms with Gasteiger partial charge >= 0.3 is 0 Å². The lowest BCUT2D eigenvalue weighted by atomic mass is 10.2. The van der Waals surface area contributed by atoms with Crippen LogP contribution >= 0.6 is 0 Å². The third kappa shape index (κ3) is 3.68. The molecule has 19 heavy (non-hydrogen) atoms. The van der Waals surface area contributed by atoms with Gasteiger partial charge in [0.25, 0.3) is 0 Å². The smallest absolute Gasteiger partial charge is 0.191 e. The van der Waals surface area contributed by atoms with Crippen LogP contribution in [0.2, 0.25) is 0 Å². The zero-order valence-electron chi connectivity index (χ0n) is 11.9. The van der Waals surface area contributed by atoms with E-state index in [4.69, 9.17) is 0 Å². The maximum Gasteiger partial charge on any atom is 0.191 e. The minimum absolute atomic E-state index is 0.679. The van der Waals surface area contributed by atoms with Gasteiger partial charge in [-0.2, -0.15) is 0 Å². The van der Waals surface area contributed by atoms with E-state index < -0.39 is 0 Å². The number of aryl methyl sites for hydroxylation is 1. The Morgan fingerprint density at radius 3 is 3.00 bits per heavy atom. The van der Waals surface area contributed by atoms with E-state index in [1.807, 2.05) is 0 Å². The van der Waals surface area contributed by atoms with Gasteiger partial charge < -0.3 is 15.2 Å². The topological polar surface area (TPSA) is 67.1 Å². The molecule has 106 valence electrons. The molecule has 2 heterocycles. The molecule has 1 aromatic heterocycles. The standard InChI is InChI=1S/C13H24N6/c1-3-4-8-15-13(14-2)16-10-12-18-17-11-7-5-6-9-19(11)12/h3-10H2,1-2H3,(H2,14,15,16). The van der Waals surface area contributed by atoms with E-state index in [0.717, 1.165) is 43.5 Å². The van der Waals surface area contributed by atoms with Gasteiger partial charge in [-0.05, 0) is 19.3 Å². The van der Waals surface area contributed by atoms with Crippen LogP contribution < -0.4 is 10.6 Å². The molecule has 1 aliphatic heterocycles. The molecule has 6 heteroatoms. The van der Waals surface area contributed by atoms with Crippen LogP contribution in [-0.2, 0) is 19.5 Å². The van der Waals surface area contributed by atoms with E-state index in [2.05, 4.69) is 37.3 Å². The molecule has 0 unspecified atom stereocenters. The van der Waals surface area contributed by atoms with Gasteiger partial charge in [0.15, 0.2) is 11.8 Å². The van der Waals surface area contributed by atoms with Gasteiger partial charge in [-0.15, -0.1) is 10.2 Å². The normalized spacial score (nSPS) is 15.2. The summed E-state index contributed by atoms with van der Waals surface area (Å²) < 4.78 is 2.23. The molecule has 0 bridgehead atoms. The van der Waals surface area contributed by atoms with Crippen LogP contribution in [0.25, 0.3) is 0 Å². The van der Waals surface area contributed by atoms with Crippen LogP contribution in [-0.4, -0.2) is 34.3 Å². The monoisotopic (exact) mass is 264 g/mol. The third-order valence-electron chi connectivity index (χ3n) is 3.40. The number of nitrogens with zero attached hydrogens (tertiary/aromatic N) is 4. The molecule has 0 aliphatic carbocycles. The van der Waals surface area contributed by atoms with Crippen LogP contribution in [0.5, 0.6) is 0 Å². The van der Waals surface area contributed by atoms with Gasteiger partial charge in [-0.3, -0.25) is 4.99 Å². The van der Waals surface area contributed by atoms with E-state index >= 15 is 0 Å². The van der Waals surface area contributed by atoms with Crippen molar-refractivity contribution in [3.63, 3.8) is 0 Å². The molecule has 1 aromatic rings. The molecule has 2 rings (SSSR count). The van der Waals surface area contributed by atoms with Crippen molar-refractivity contribution in [3.8, 4) is 0 Å². The molecule has 0 fully saturated rings. The molecule has 6 nitrogen and oxygen atoms in total. The lowest BCUT2D eigenvalue weighted by Gasteiger charge is -2.16. The summed E-state index contributed by atoms with van der Waals surface area (Å²) in [6, 6.07) is 0. The van der Waals surface area contributed by atoms with Crippen molar-refractivity contribution in [2.75, 3.05) is 13.6 Å². The van der Waals surface area contributed by atoms with Gasteiger partial charge in [-0.1, -0.05) is 13.3 Å². The Balaban J connectivity index is 1.85. The molecule has 0 amide bonds. The molecule has 0 spiro atoms. The molecule has 0 atom stereocenters. The first kappa shape index (κ1) is 13.8. The van der Waals surface area contributed by atoms with Crippen molar-refractivity contribution < 1.29 is 0 Å². The van der Waals surface area contributed by atoms with Crippen LogP contribution in [0.3, 0.4) is 0 Å². The molecular weight excluding hydrogens is 240 g/mol. The molecule has 0 saturated heterocycles. The number of guanidine groups is 1. The summed E-state index contributed by atoms with van der Waals surface area (Å²) in [7, 11) is 1.79. The lowest BCUT2D eigenvalue weighted by Crippen LogP contribution is -2.38. The third-order valence-corrected chi connectivity index (χ3v) is 3.40. The van der Waals surface area contributed by atoms with Crippen molar-refractivity contribution in [2.45, 2.75) is 52.1 Å². The molecular formula is C13H24N6. The first-order valence-corrected chi connectivity index (χ1v) is 7.20. The number of fused-ring (bicyclic) bond motifs is 1. The summed E-state index contributed by atoms with van der Waals surface area (Å²) in [5.41, 5.74) is 0. The predicted molar refractivity (Wildman–Crippen MR) is 76.1 cm³/mol. The fourth-order valence-corrected chi connectivity index (χ4v) is 2.27. The maximum atomic E-state index is 4.27. The lowest BCUT2D eigenvalue weighted by molar-refractivity contribution is 0.504. The largest absolute Gasteiger partial charge is 0.356 e. The highest BCUT2D eigenvalue weighted by atomic mass is 15.3. The number of hydrogen-bond acceptors (Lipinski definition) is 3. The highest BCUT2D eigenvalue weighted by molar-refractivity contribution is 5.79. The second-order valence-electron chi connectivity index (χ2n) is 4.85. The number of aromatic nitrogens is 3. The number of hydrogen-bond donors (Lipinski definition) is 2. The average Bonchev–Trinajstić information content (AvgIpc) is 2.86. The summed E-state index contributed by atoms with van der Waals surface area (Å²) >= 11 is 0. The van der Waals surface area contributed by atoms with E-state index in [9.17, 15) is 0 Å². The maximum absolute atomic E-state index is 4.27. The zero-order valence-corrected chi connectivity index (χ0v) is 11.9. The quantitative estimate of drug-likeness (QED) is 0.474. The van der Waals surface area contributed by atoms with Crippen LogP contribution in [0.1, 0.15) is 44.3 Å². The zero-order chi connectivity index (χ0) is 13.5. The number of aliphatic imine (C=N–C) groups is 1. The molecule has 0 saturated carbocycles. The molecule has 2 N–H and O–H groups in total.